The standard InChI is InChI=1S/C13H16NO5P/c15-14(16)10-1-3-11(4-2-10)19-12-5-7-13(8-6-12)20-17-9-18-20/h1-4,12-13H,5-9H2. The normalized spacial score (nSPS) is 26.8. The minimum absolute atomic E-state index is 0.0862. The molecule has 3 rings (SSSR count). The Morgan fingerprint density at radius 3 is 2.30 bits per heavy atom. The maximum absolute atomic E-state index is 10.6. The monoisotopic (exact) mass is 297 g/mol. The molecular weight excluding hydrogens is 281 g/mol. The Kier molecular flexibility index (Phi) is 4.15. The van der Waals surface area contributed by atoms with E-state index in [9.17, 15) is 10.1 Å². The number of nitro groups is 1. The molecule has 20 heavy (non-hydrogen) atoms. The number of nitrogens with zero attached hydrogens (tertiary/aromatic N) is 1. The molecule has 0 aromatic heterocycles. The van der Waals surface area contributed by atoms with Crippen molar-refractivity contribution in [2.24, 2.45) is 0 Å². The Bertz CT molecular complexity index is 468. The molecule has 0 N–H and O–H groups in total. The number of ether oxygens (including phenoxy) is 1. The van der Waals surface area contributed by atoms with Crippen molar-refractivity contribution in [1.82, 2.24) is 0 Å². The number of hydrogen-bond acceptors (Lipinski definition) is 5. The fourth-order valence-electron chi connectivity index (χ4n) is 2.54. The molecule has 1 saturated heterocycles. The number of rotatable bonds is 4. The Balaban J connectivity index is 1.50. The first kappa shape index (κ1) is 13.7. The molecule has 1 aliphatic heterocycles. The highest BCUT2D eigenvalue weighted by atomic mass is 31.2. The molecule has 7 heteroatoms. The van der Waals surface area contributed by atoms with E-state index in [0.29, 0.717) is 18.2 Å². The van der Waals surface area contributed by atoms with Crippen molar-refractivity contribution in [2.75, 3.05) is 6.79 Å². The molecule has 0 atom stereocenters. The quantitative estimate of drug-likeness (QED) is 0.482. The van der Waals surface area contributed by atoms with E-state index >= 15 is 0 Å². The van der Waals surface area contributed by atoms with Crippen LogP contribution >= 0.6 is 8.38 Å². The summed E-state index contributed by atoms with van der Waals surface area (Å²) < 4.78 is 16.7. The van der Waals surface area contributed by atoms with Crippen molar-refractivity contribution >= 4 is 14.1 Å². The summed E-state index contributed by atoms with van der Waals surface area (Å²) >= 11 is 0. The van der Waals surface area contributed by atoms with Crippen LogP contribution in [0.4, 0.5) is 5.69 Å². The minimum Gasteiger partial charge on any atom is -0.490 e. The average molecular weight is 297 g/mol. The first-order valence-electron chi connectivity index (χ1n) is 6.68. The SMILES string of the molecule is O=[N+]([O-])c1ccc(OC2CCC(P3OCO3)CC2)cc1. The van der Waals surface area contributed by atoms with Crippen LogP contribution in [0.1, 0.15) is 25.7 Å². The smallest absolute Gasteiger partial charge is 0.269 e. The lowest BCUT2D eigenvalue weighted by atomic mass is 9.97. The highest BCUT2D eigenvalue weighted by Gasteiger charge is 2.34. The van der Waals surface area contributed by atoms with E-state index in [0.717, 1.165) is 25.7 Å². The predicted molar refractivity (Wildman–Crippen MR) is 73.7 cm³/mol. The molecule has 2 fully saturated rings. The Hall–Kier alpha value is -1.23. The van der Waals surface area contributed by atoms with E-state index in [4.69, 9.17) is 13.8 Å². The number of hydrogen-bond donors (Lipinski definition) is 0. The summed E-state index contributed by atoms with van der Waals surface area (Å²) in [7, 11) is -0.636. The van der Waals surface area contributed by atoms with Crippen molar-refractivity contribution < 1.29 is 18.7 Å². The molecule has 1 heterocycles. The van der Waals surface area contributed by atoms with Crippen molar-refractivity contribution in [3.63, 3.8) is 0 Å². The maximum atomic E-state index is 10.6. The van der Waals surface area contributed by atoms with Crippen LogP contribution in [0, 0.1) is 10.1 Å². The van der Waals surface area contributed by atoms with Gasteiger partial charge in [0.15, 0.2) is 15.2 Å². The summed E-state index contributed by atoms with van der Waals surface area (Å²) in [5, 5.41) is 10.6. The molecule has 0 unspecified atom stereocenters. The summed E-state index contributed by atoms with van der Waals surface area (Å²) in [6.45, 7) is 0.449. The first-order chi connectivity index (χ1) is 9.72. The van der Waals surface area contributed by atoms with Gasteiger partial charge in [-0.1, -0.05) is 0 Å². The van der Waals surface area contributed by atoms with E-state index in [-0.39, 0.29) is 11.8 Å². The van der Waals surface area contributed by atoms with Crippen LogP contribution in [0.25, 0.3) is 0 Å². The van der Waals surface area contributed by atoms with Crippen molar-refractivity contribution in [1.29, 1.82) is 0 Å². The van der Waals surface area contributed by atoms with Gasteiger partial charge < -0.3 is 13.8 Å². The topological polar surface area (TPSA) is 70.8 Å². The van der Waals surface area contributed by atoms with Gasteiger partial charge in [-0.25, -0.2) is 0 Å². The zero-order valence-corrected chi connectivity index (χ0v) is 11.8. The molecule has 2 aliphatic rings. The van der Waals surface area contributed by atoms with Gasteiger partial charge in [-0.05, 0) is 37.8 Å². The van der Waals surface area contributed by atoms with Gasteiger partial charge in [-0.15, -0.1) is 0 Å². The molecule has 1 saturated carbocycles. The molecular formula is C13H16NO5P. The molecule has 6 nitrogen and oxygen atoms in total. The van der Waals surface area contributed by atoms with E-state index in [1.165, 1.54) is 12.1 Å². The van der Waals surface area contributed by atoms with E-state index in [1.807, 2.05) is 0 Å². The molecule has 108 valence electrons. The Morgan fingerprint density at radius 1 is 1.15 bits per heavy atom. The fraction of sp³-hybridized carbons (Fsp3) is 0.538. The molecule has 0 spiro atoms. The summed E-state index contributed by atoms with van der Waals surface area (Å²) in [6, 6.07) is 6.26. The average Bonchev–Trinajstić information content (AvgIpc) is 2.39. The summed E-state index contributed by atoms with van der Waals surface area (Å²) in [6.07, 6.45) is 4.26. The van der Waals surface area contributed by atoms with Crippen LogP contribution in [0.5, 0.6) is 5.75 Å². The van der Waals surface area contributed by atoms with Gasteiger partial charge in [-0.2, -0.15) is 0 Å². The summed E-state index contributed by atoms with van der Waals surface area (Å²) in [4.78, 5) is 10.2. The second kappa shape index (κ2) is 6.04. The largest absolute Gasteiger partial charge is 0.490 e. The molecule has 1 aliphatic carbocycles. The van der Waals surface area contributed by atoms with Gasteiger partial charge in [0.25, 0.3) is 5.69 Å². The van der Waals surface area contributed by atoms with Crippen LogP contribution in [-0.4, -0.2) is 23.5 Å². The van der Waals surface area contributed by atoms with Crippen LogP contribution < -0.4 is 4.74 Å². The van der Waals surface area contributed by atoms with Crippen LogP contribution in [-0.2, 0) is 9.05 Å². The molecule has 1 aromatic carbocycles. The van der Waals surface area contributed by atoms with Crippen LogP contribution in [0.2, 0.25) is 0 Å². The molecule has 0 radical (unpaired) electrons. The third kappa shape index (κ3) is 3.08. The van der Waals surface area contributed by atoms with Gasteiger partial charge in [0, 0.05) is 17.8 Å². The van der Waals surface area contributed by atoms with Gasteiger partial charge in [0.05, 0.1) is 11.0 Å². The number of nitro benzene ring substituents is 1. The van der Waals surface area contributed by atoms with E-state index < -0.39 is 13.3 Å². The highest BCUT2D eigenvalue weighted by Crippen LogP contribution is 2.55. The lowest BCUT2D eigenvalue weighted by Gasteiger charge is -2.36. The minimum atomic E-state index is -0.636. The molecule has 0 amide bonds. The third-order valence-corrected chi connectivity index (χ3v) is 5.48. The zero-order chi connectivity index (χ0) is 13.9. The van der Waals surface area contributed by atoms with Crippen LogP contribution in [0.3, 0.4) is 0 Å². The number of benzene rings is 1. The van der Waals surface area contributed by atoms with E-state index in [2.05, 4.69) is 0 Å². The van der Waals surface area contributed by atoms with Crippen molar-refractivity contribution in [2.45, 2.75) is 37.4 Å². The van der Waals surface area contributed by atoms with E-state index in [1.54, 1.807) is 12.1 Å². The van der Waals surface area contributed by atoms with Crippen molar-refractivity contribution in [3.05, 3.63) is 34.4 Å². The Labute approximate surface area is 118 Å². The molecule has 0 bridgehead atoms. The fourth-order valence-corrected chi connectivity index (χ4v) is 3.91. The van der Waals surface area contributed by atoms with Crippen LogP contribution in [0.15, 0.2) is 24.3 Å². The Morgan fingerprint density at radius 2 is 1.80 bits per heavy atom. The lowest BCUT2D eigenvalue weighted by Crippen LogP contribution is -2.28. The highest BCUT2D eigenvalue weighted by molar-refractivity contribution is 7.49. The van der Waals surface area contributed by atoms with Gasteiger partial charge >= 0.3 is 0 Å². The summed E-state index contributed by atoms with van der Waals surface area (Å²) in [5.74, 6) is 0.695. The van der Waals surface area contributed by atoms with Gasteiger partial charge in [0.2, 0.25) is 0 Å². The second-order valence-electron chi connectivity index (χ2n) is 4.96. The van der Waals surface area contributed by atoms with Gasteiger partial charge in [-0.3, -0.25) is 10.1 Å². The second-order valence-corrected chi connectivity index (χ2v) is 6.78. The maximum Gasteiger partial charge on any atom is 0.269 e. The third-order valence-electron chi connectivity index (χ3n) is 3.65. The lowest BCUT2D eigenvalue weighted by molar-refractivity contribution is -0.384. The summed E-state index contributed by atoms with van der Waals surface area (Å²) in [5.41, 5.74) is 0.624. The molecule has 1 aromatic rings. The predicted octanol–water partition coefficient (Wildman–Crippen LogP) is 3.60. The zero-order valence-electron chi connectivity index (χ0n) is 10.9. The number of non-ortho nitro benzene ring substituents is 1. The van der Waals surface area contributed by atoms with Crippen molar-refractivity contribution in [3.8, 4) is 5.75 Å². The first-order valence-corrected chi connectivity index (χ1v) is 7.93. The van der Waals surface area contributed by atoms with Gasteiger partial charge in [0.1, 0.15) is 5.75 Å².